The van der Waals surface area contributed by atoms with Crippen molar-refractivity contribution in [3.8, 4) is 11.5 Å². The number of aromatic hydroxyl groups is 1. The molecule has 5 heteroatoms. The summed E-state index contributed by atoms with van der Waals surface area (Å²) in [6.45, 7) is 7.55. The van der Waals surface area contributed by atoms with Crippen LogP contribution in [0.5, 0.6) is 11.5 Å². The summed E-state index contributed by atoms with van der Waals surface area (Å²) < 4.78 is 5.89. The number of phenolic OH excluding ortho intramolecular Hbond substituents is 1. The number of carboxylic acid groups (broad SMARTS) is 1. The van der Waals surface area contributed by atoms with E-state index >= 15 is 0 Å². The molecule has 0 bridgehead atoms. The first kappa shape index (κ1) is 21.5. The summed E-state index contributed by atoms with van der Waals surface area (Å²) >= 11 is 0. The molecule has 0 saturated heterocycles. The Balaban J connectivity index is 2.11. The Bertz CT molecular complexity index is 837. The number of Topliss-reactive ketones (excluding diaryl/α,β-unsaturated/α-hetero) is 1. The fourth-order valence-corrected chi connectivity index (χ4v) is 3.06. The molecule has 1 atom stereocenters. The van der Waals surface area contributed by atoms with E-state index in [0.717, 1.165) is 16.9 Å². The smallest absolute Gasteiger partial charge is 0.309 e. The average Bonchev–Trinajstić information content (AvgIpc) is 2.63. The van der Waals surface area contributed by atoms with E-state index in [2.05, 4.69) is 0 Å². The Morgan fingerprint density at radius 3 is 2.32 bits per heavy atom. The van der Waals surface area contributed by atoms with Crippen LogP contribution in [0, 0.1) is 25.2 Å². The van der Waals surface area contributed by atoms with Gasteiger partial charge in [0.25, 0.3) is 0 Å². The van der Waals surface area contributed by atoms with Crippen LogP contribution in [0.3, 0.4) is 0 Å². The lowest BCUT2D eigenvalue weighted by molar-refractivity contribution is -0.150. The molecular weight excluding hydrogens is 356 g/mol. The van der Waals surface area contributed by atoms with Gasteiger partial charge in [0, 0.05) is 12.0 Å². The van der Waals surface area contributed by atoms with Crippen LogP contribution in [0.1, 0.15) is 48.2 Å². The lowest BCUT2D eigenvalue weighted by Crippen LogP contribution is -2.35. The van der Waals surface area contributed by atoms with Gasteiger partial charge < -0.3 is 14.9 Å². The number of phenols is 1. The number of ether oxygens (including phenoxy) is 1. The summed E-state index contributed by atoms with van der Waals surface area (Å²) in [4.78, 5) is 24.4. The van der Waals surface area contributed by atoms with E-state index in [4.69, 9.17) is 4.74 Å². The van der Waals surface area contributed by atoms with Gasteiger partial charge in [-0.25, -0.2) is 0 Å². The molecule has 0 saturated carbocycles. The Labute approximate surface area is 166 Å². The first-order chi connectivity index (χ1) is 13.1. The maximum atomic E-state index is 12.7. The van der Waals surface area contributed by atoms with Crippen LogP contribution in [0.4, 0.5) is 0 Å². The third-order valence-electron chi connectivity index (χ3n) is 5.26. The highest BCUT2D eigenvalue weighted by Gasteiger charge is 2.38. The van der Waals surface area contributed by atoms with E-state index in [1.165, 1.54) is 12.1 Å². The highest BCUT2D eigenvalue weighted by molar-refractivity contribution is 5.96. The number of carboxylic acids is 1. The first-order valence-electron chi connectivity index (χ1n) is 9.37. The Kier molecular flexibility index (Phi) is 6.84. The van der Waals surface area contributed by atoms with Crippen LogP contribution in [0.25, 0.3) is 0 Å². The molecule has 2 aromatic rings. The molecule has 1 unspecified atom stereocenters. The molecule has 0 spiro atoms. The Hall–Kier alpha value is -2.82. The Morgan fingerprint density at radius 2 is 1.71 bits per heavy atom. The minimum Gasteiger partial charge on any atom is -0.508 e. The number of ketones is 1. The minimum atomic E-state index is -1.07. The summed E-state index contributed by atoms with van der Waals surface area (Å²) in [6, 6.07) is 12.0. The van der Waals surface area contributed by atoms with Crippen molar-refractivity contribution in [2.75, 3.05) is 6.61 Å². The molecule has 0 amide bonds. The Morgan fingerprint density at radius 1 is 1.07 bits per heavy atom. The van der Waals surface area contributed by atoms with Crippen LogP contribution in [-0.2, 0) is 4.79 Å². The van der Waals surface area contributed by atoms with Crippen molar-refractivity contribution in [2.45, 2.75) is 40.5 Å². The van der Waals surface area contributed by atoms with Crippen LogP contribution in [0.2, 0.25) is 0 Å². The standard InChI is InChI=1S/C23H28O5/c1-15-5-6-16(2)21(13-15)28-12-11-18(23(3,4)22(26)27)14-20(25)17-7-9-19(24)10-8-17/h5-10,13,18,24H,11-12,14H2,1-4H3,(H,26,27). The molecule has 0 heterocycles. The number of aryl methyl sites for hydroxylation is 2. The summed E-state index contributed by atoms with van der Waals surface area (Å²) in [7, 11) is 0. The van der Waals surface area contributed by atoms with Gasteiger partial charge in [-0.1, -0.05) is 12.1 Å². The molecule has 0 aliphatic heterocycles. The summed E-state index contributed by atoms with van der Waals surface area (Å²) in [5, 5.41) is 19.0. The molecule has 0 aromatic heterocycles. The second-order valence-corrected chi connectivity index (χ2v) is 7.80. The lowest BCUT2D eigenvalue weighted by atomic mass is 9.74. The molecule has 0 fully saturated rings. The lowest BCUT2D eigenvalue weighted by Gasteiger charge is -2.30. The van der Waals surface area contributed by atoms with Gasteiger partial charge in [-0.2, -0.15) is 0 Å². The van der Waals surface area contributed by atoms with E-state index in [0.29, 0.717) is 18.6 Å². The molecule has 5 nitrogen and oxygen atoms in total. The third-order valence-corrected chi connectivity index (χ3v) is 5.26. The third kappa shape index (κ3) is 5.35. The van der Waals surface area contributed by atoms with Crippen LogP contribution < -0.4 is 4.74 Å². The molecule has 2 rings (SSSR count). The molecule has 0 aliphatic carbocycles. The molecular formula is C23H28O5. The molecule has 150 valence electrons. The van der Waals surface area contributed by atoms with Crippen molar-refractivity contribution in [1.82, 2.24) is 0 Å². The number of rotatable bonds is 9. The molecule has 0 radical (unpaired) electrons. The number of hydrogen-bond acceptors (Lipinski definition) is 4. The molecule has 2 aromatic carbocycles. The van der Waals surface area contributed by atoms with Gasteiger partial charge in [0.1, 0.15) is 11.5 Å². The molecule has 0 aliphatic rings. The fourth-order valence-electron chi connectivity index (χ4n) is 3.06. The van der Waals surface area contributed by atoms with Gasteiger partial charge in [-0.05, 0) is 81.5 Å². The first-order valence-corrected chi connectivity index (χ1v) is 9.37. The van der Waals surface area contributed by atoms with Crippen molar-refractivity contribution >= 4 is 11.8 Å². The zero-order valence-corrected chi connectivity index (χ0v) is 16.9. The monoisotopic (exact) mass is 384 g/mol. The normalized spacial score (nSPS) is 12.4. The van der Waals surface area contributed by atoms with E-state index in [-0.39, 0.29) is 18.0 Å². The summed E-state index contributed by atoms with van der Waals surface area (Å²) in [5.41, 5.74) is 1.49. The van der Waals surface area contributed by atoms with Gasteiger partial charge in [-0.3, -0.25) is 9.59 Å². The van der Waals surface area contributed by atoms with Crippen molar-refractivity contribution in [3.63, 3.8) is 0 Å². The van der Waals surface area contributed by atoms with Gasteiger partial charge in [0.05, 0.1) is 12.0 Å². The number of carbonyl (C=O) groups is 2. The van der Waals surface area contributed by atoms with Gasteiger partial charge in [0.15, 0.2) is 5.78 Å². The predicted octanol–water partition coefficient (Wildman–Crippen LogP) is 4.78. The van der Waals surface area contributed by atoms with E-state index in [1.54, 1.807) is 26.0 Å². The topological polar surface area (TPSA) is 83.8 Å². The van der Waals surface area contributed by atoms with Crippen LogP contribution in [-0.4, -0.2) is 28.6 Å². The predicted molar refractivity (Wildman–Crippen MR) is 108 cm³/mol. The number of benzene rings is 2. The van der Waals surface area contributed by atoms with Crippen molar-refractivity contribution in [2.24, 2.45) is 11.3 Å². The summed E-state index contributed by atoms with van der Waals surface area (Å²) in [5.74, 6) is -0.622. The maximum absolute atomic E-state index is 12.7. The van der Waals surface area contributed by atoms with E-state index in [9.17, 15) is 19.8 Å². The van der Waals surface area contributed by atoms with Gasteiger partial charge >= 0.3 is 5.97 Å². The van der Waals surface area contributed by atoms with Crippen molar-refractivity contribution in [1.29, 1.82) is 0 Å². The fraction of sp³-hybridized carbons (Fsp3) is 0.391. The van der Waals surface area contributed by atoms with Crippen molar-refractivity contribution < 1.29 is 24.5 Å². The van der Waals surface area contributed by atoms with Gasteiger partial charge in [0.2, 0.25) is 0 Å². The highest BCUT2D eigenvalue weighted by Crippen LogP contribution is 2.34. The summed E-state index contributed by atoms with van der Waals surface area (Å²) in [6.07, 6.45) is 0.538. The number of carbonyl (C=O) groups excluding carboxylic acids is 1. The van der Waals surface area contributed by atoms with Gasteiger partial charge in [-0.15, -0.1) is 0 Å². The minimum absolute atomic E-state index is 0.0842. The molecule has 2 N–H and O–H groups in total. The molecule has 28 heavy (non-hydrogen) atoms. The van der Waals surface area contributed by atoms with Crippen molar-refractivity contribution in [3.05, 3.63) is 59.2 Å². The number of hydrogen-bond donors (Lipinski definition) is 2. The van der Waals surface area contributed by atoms with E-state index < -0.39 is 17.3 Å². The zero-order valence-electron chi connectivity index (χ0n) is 16.9. The zero-order chi connectivity index (χ0) is 20.9. The SMILES string of the molecule is Cc1ccc(C)c(OCCC(CC(=O)c2ccc(O)cc2)C(C)(C)C(=O)O)c1. The van der Waals surface area contributed by atoms with Crippen LogP contribution in [0.15, 0.2) is 42.5 Å². The largest absolute Gasteiger partial charge is 0.508 e. The quantitative estimate of drug-likeness (QED) is 0.608. The second-order valence-electron chi connectivity index (χ2n) is 7.80. The van der Waals surface area contributed by atoms with E-state index in [1.807, 2.05) is 32.0 Å². The number of aliphatic carboxylic acids is 1. The maximum Gasteiger partial charge on any atom is 0.309 e. The van der Waals surface area contributed by atoms with Crippen LogP contribution >= 0.6 is 0 Å². The highest BCUT2D eigenvalue weighted by atomic mass is 16.5. The second kappa shape index (κ2) is 8.91. The average molecular weight is 384 g/mol.